The predicted octanol–water partition coefficient (Wildman–Crippen LogP) is 0.639. The molecular weight excluding hydrogens is 172 g/mol. The van der Waals surface area contributed by atoms with E-state index in [4.69, 9.17) is 9.84 Å². The maximum absolute atomic E-state index is 10.7. The van der Waals surface area contributed by atoms with E-state index in [0.717, 1.165) is 6.42 Å². The third kappa shape index (κ3) is 2.00. The molecule has 1 unspecified atom stereocenters. The molecule has 0 amide bonds. The third-order valence-electron chi connectivity index (χ3n) is 2.75. The molecule has 0 spiro atoms. The smallest absolute Gasteiger partial charge is 0.335 e. The normalized spacial score (nSPS) is 24.5. The molecule has 1 fully saturated rings. The molecule has 4 heteroatoms. The molecule has 1 atom stereocenters. The maximum Gasteiger partial charge on any atom is 0.335 e. The number of aliphatic carboxylic acids is 1. The first-order valence-electron chi connectivity index (χ1n) is 4.45. The molecule has 1 aliphatic rings. The van der Waals surface area contributed by atoms with Crippen LogP contribution in [0.1, 0.15) is 26.7 Å². The molecule has 1 rings (SSSR count). The van der Waals surface area contributed by atoms with E-state index in [1.807, 2.05) is 6.92 Å². The highest BCUT2D eigenvalue weighted by molar-refractivity contribution is 5.76. The minimum absolute atomic E-state index is 0.123. The molecule has 1 saturated heterocycles. The number of hydrogen-bond acceptors (Lipinski definition) is 3. The second-order valence-electron chi connectivity index (χ2n) is 4.10. The fourth-order valence-electron chi connectivity index (χ4n) is 1.63. The van der Waals surface area contributed by atoms with Crippen molar-refractivity contribution in [1.82, 2.24) is 0 Å². The van der Waals surface area contributed by atoms with E-state index >= 15 is 0 Å². The lowest BCUT2D eigenvalue weighted by Gasteiger charge is -2.43. The number of carboxylic acids is 1. The summed E-state index contributed by atoms with van der Waals surface area (Å²) in [6.07, 6.45) is 1.11. The number of hydrogen-bond donors (Lipinski definition) is 2. The summed E-state index contributed by atoms with van der Waals surface area (Å²) in [7, 11) is 0. The average Bonchev–Trinajstić information content (AvgIpc) is 1.96. The van der Waals surface area contributed by atoms with Gasteiger partial charge < -0.3 is 14.9 Å². The van der Waals surface area contributed by atoms with Gasteiger partial charge in [0, 0.05) is 5.41 Å². The van der Waals surface area contributed by atoms with Crippen molar-refractivity contribution in [3.8, 4) is 0 Å². The van der Waals surface area contributed by atoms with E-state index in [1.165, 1.54) is 6.92 Å². The van der Waals surface area contributed by atoms with Crippen molar-refractivity contribution in [2.24, 2.45) is 5.41 Å². The van der Waals surface area contributed by atoms with Gasteiger partial charge in [-0.25, -0.2) is 4.79 Å². The van der Waals surface area contributed by atoms with Crippen molar-refractivity contribution in [1.29, 1.82) is 0 Å². The van der Waals surface area contributed by atoms with Gasteiger partial charge in [0.15, 0.2) is 5.60 Å². The Morgan fingerprint density at radius 3 is 2.38 bits per heavy atom. The first kappa shape index (κ1) is 10.5. The number of rotatable bonds is 4. The van der Waals surface area contributed by atoms with E-state index in [2.05, 4.69) is 0 Å². The van der Waals surface area contributed by atoms with Crippen LogP contribution < -0.4 is 0 Å². The van der Waals surface area contributed by atoms with Crippen LogP contribution in [0, 0.1) is 5.41 Å². The van der Waals surface area contributed by atoms with Gasteiger partial charge in [0.05, 0.1) is 13.2 Å². The van der Waals surface area contributed by atoms with Crippen molar-refractivity contribution in [2.45, 2.75) is 32.3 Å². The highest BCUT2D eigenvalue weighted by Crippen LogP contribution is 2.39. The zero-order valence-electron chi connectivity index (χ0n) is 8.04. The molecule has 0 aromatic heterocycles. The van der Waals surface area contributed by atoms with Crippen LogP contribution in [0.2, 0.25) is 0 Å². The Morgan fingerprint density at radius 2 is 2.15 bits per heavy atom. The van der Waals surface area contributed by atoms with E-state index < -0.39 is 11.6 Å². The van der Waals surface area contributed by atoms with Crippen molar-refractivity contribution < 1.29 is 19.7 Å². The van der Waals surface area contributed by atoms with Gasteiger partial charge in [-0.2, -0.15) is 0 Å². The lowest BCUT2D eigenvalue weighted by atomic mass is 9.74. The zero-order chi connectivity index (χ0) is 10.1. The summed E-state index contributed by atoms with van der Waals surface area (Å²) in [6, 6.07) is 0. The highest BCUT2D eigenvalue weighted by Gasteiger charge is 2.45. The molecule has 0 aromatic carbocycles. The van der Waals surface area contributed by atoms with Crippen LogP contribution in [-0.4, -0.2) is 35.0 Å². The van der Waals surface area contributed by atoms with Gasteiger partial charge in [-0.05, 0) is 19.8 Å². The summed E-state index contributed by atoms with van der Waals surface area (Å²) in [5.74, 6) is -1.16. The van der Waals surface area contributed by atoms with E-state index in [1.54, 1.807) is 0 Å². The van der Waals surface area contributed by atoms with Crippen LogP contribution in [0.5, 0.6) is 0 Å². The Kier molecular flexibility index (Phi) is 2.63. The Labute approximate surface area is 77.5 Å². The molecule has 0 aromatic rings. The van der Waals surface area contributed by atoms with Gasteiger partial charge in [-0.15, -0.1) is 0 Å². The van der Waals surface area contributed by atoms with Crippen LogP contribution in [0.15, 0.2) is 0 Å². The number of carboxylic acid groups (broad SMARTS) is 1. The first-order valence-corrected chi connectivity index (χ1v) is 4.45. The van der Waals surface area contributed by atoms with E-state index in [9.17, 15) is 9.90 Å². The monoisotopic (exact) mass is 188 g/mol. The minimum Gasteiger partial charge on any atom is -0.479 e. The Bertz CT molecular complexity index is 200. The molecule has 13 heavy (non-hydrogen) atoms. The van der Waals surface area contributed by atoms with Crippen LogP contribution in [0.3, 0.4) is 0 Å². The van der Waals surface area contributed by atoms with Crippen molar-refractivity contribution in [3.63, 3.8) is 0 Å². The first-order chi connectivity index (χ1) is 5.92. The summed E-state index contributed by atoms with van der Waals surface area (Å²) in [5, 5.41) is 18.3. The highest BCUT2D eigenvalue weighted by atomic mass is 16.5. The molecule has 1 aliphatic heterocycles. The molecule has 0 saturated carbocycles. The maximum atomic E-state index is 10.7. The molecule has 2 N–H and O–H groups in total. The summed E-state index contributed by atoms with van der Waals surface area (Å²) >= 11 is 0. The average molecular weight is 188 g/mol. The molecule has 1 heterocycles. The second-order valence-corrected chi connectivity index (χ2v) is 4.10. The fourth-order valence-corrected chi connectivity index (χ4v) is 1.63. The largest absolute Gasteiger partial charge is 0.479 e. The summed E-state index contributed by atoms with van der Waals surface area (Å²) < 4.78 is 5.05. The topological polar surface area (TPSA) is 66.8 Å². The zero-order valence-corrected chi connectivity index (χ0v) is 8.04. The van der Waals surface area contributed by atoms with Gasteiger partial charge >= 0.3 is 5.97 Å². The van der Waals surface area contributed by atoms with Gasteiger partial charge in [0.25, 0.3) is 0 Å². The molecule has 76 valence electrons. The van der Waals surface area contributed by atoms with E-state index in [-0.39, 0.29) is 11.8 Å². The number of ether oxygens (including phenoxy) is 1. The summed E-state index contributed by atoms with van der Waals surface area (Å²) in [4.78, 5) is 10.7. The second kappa shape index (κ2) is 3.27. The van der Waals surface area contributed by atoms with Gasteiger partial charge in [-0.3, -0.25) is 0 Å². The lowest BCUT2D eigenvalue weighted by molar-refractivity contribution is -0.177. The van der Waals surface area contributed by atoms with Crippen LogP contribution in [0.25, 0.3) is 0 Å². The number of carbonyl (C=O) groups is 1. The standard InChI is InChI=1S/C9H16O4/c1-3-9(5-13-6-9)4-8(2,12)7(10)11/h12H,3-6H2,1-2H3,(H,10,11). The summed E-state index contributed by atoms with van der Waals surface area (Å²) in [6.45, 7) is 4.45. The van der Waals surface area contributed by atoms with Crippen LogP contribution in [-0.2, 0) is 9.53 Å². The summed E-state index contributed by atoms with van der Waals surface area (Å²) in [5.41, 5.74) is -1.75. The van der Waals surface area contributed by atoms with Crippen LogP contribution >= 0.6 is 0 Å². The lowest BCUT2D eigenvalue weighted by Crippen LogP contribution is -2.50. The molecule has 4 nitrogen and oxygen atoms in total. The molecular formula is C9H16O4. The number of aliphatic hydroxyl groups is 1. The molecule has 0 bridgehead atoms. The van der Waals surface area contributed by atoms with Gasteiger partial charge in [0.2, 0.25) is 0 Å². The molecule has 0 radical (unpaired) electrons. The molecule has 0 aliphatic carbocycles. The van der Waals surface area contributed by atoms with Crippen LogP contribution in [0.4, 0.5) is 0 Å². The SMILES string of the molecule is CCC1(CC(C)(O)C(=O)O)COC1. The van der Waals surface area contributed by atoms with Crippen molar-refractivity contribution >= 4 is 5.97 Å². The Hall–Kier alpha value is -0.610. The Morgan fingerprint density at radius 1 is 1.62 bits per heavy atom. The predicted molar refractivity (Wildman–Crippen MR) is 46.4 cm³/mol. The van der Waals surface area contributed by atoms with Gasteiger partial charge in [0.1, 0.15) is 0 Å². The third-order valence-corrected chi connectivity index (χ3v) is 2.75. The van der Waals surface area contributed by atoms with Gasteiger partial charge in [-0.1, -0.05) is 6.92 Å². The van der Waals surface area contributed by atoms with E-state index in [0.29, 0.717) is 13.2 Å². The Balaban J connectivity index is 2.60. The minimum atomic E-state index is -1.63. The van der Waals surface area contributed by atoms with Crippen molar-refractivity contribution in [2.75, 3.05) is 13.2 Å². The quantitative estimate of drug-likeness (QED) is 0.679. The van der Waals surface area contributed by atoms with Crippen molar-refractivity contribution in [3.05, 3.63) is 0 Å². The fraction of sp³-hybridized carbons (Fsp3) is 0.889.